The molecule has 1 aromatic rings. The second-order valence-corrected chi connectivity index (χ2v) is 2.62. The van der Waals surface area contributed by atoms with Crippen molar-refractivity contribution >= 4 is 11.6 Å². The number of benzene rings is 1. The molecule has 66 valence electrons. The highest BCUT2D eigenvalue weighted by Crippen LogP contribution is 2.09. The number of nitriles is 1. The first kappa shape index (κ1) is 9.27. The Morgan fingerprint density at radius 2 is 2.08 bits per heavy atom. The van der Waals surface area contributed by atoms with Crippen LogP contribution in [0, 0.1) is 11.3 Å². The largest absolute Gasteiger partial charge is 0.326 e. The first-order valence-corrected chi connectivity index (χ1v) is 4.06. The van der Waals surface area contributed by atoms with Crippen molar-refractivity contribution in [2.24, 2.45) is 0 Å². The molecule has 0 aliphatic carbocycles. The number of anilines is 1. The molecule has 3 nitrogen and oxygen atoms in total. The summed E-state index contributed by atoms with van der Waals surface area (Å²) < 4.78 is 0. The first-order chi connectivity index (χ1) is 6.26. The second-order valence-electron chi connectivity index (χ2n) is 2.62. The van der Waals surface area contributed by atoms with E-state index < -0.39 is 5.91 Å². The molecular weight excluding hydrogens is 164 g/mol. The summed E-state index contributed by atoms with van der Waals surface area (Å²) in [6, 6.07) is 8.91. The molecule has 1 amide bonds. The minimum Gasteiger partial charge on any atom is -0.313 e. The van der Waals surface area contributed by atoms with Gasteiger partial charge in [-0.1, -0.05) is 19.1 Å². The third-order valence-electron chi connectivity index (χ3n) is 1.72. The van der Waals surface area contributed by atoms with Gasteiger partial charge in [0.2, 0.25) is 0 Å². The summed E-state index contributed by atoms with van der Waals surface area (Å²) in [5, 5.41) is 10.7. The van der Waals surface area contributed by atoms with Crippen molar-refractivity contribution in [3.63, 3.8) is 0 Å². The van der Waals surface area contributed by atoms with E-state index in [1.165, 1.54) is 11.6 Å². The van der Waals surface area contributed by atoms with Gasteiger partial charge in [-0.25, -0.2) is 0 Å². The SMILES string of the molecule is CCc1ccc(NC(=O)C#N)cc1. The van der Waals surface area contributed by atoms with Gasteiger partial charge in [0.25, 0.3) is 0 Å². The quantitative estimate of drug-likeness (QED) is 0.694. The molecule has 1 N–H and O–H groups in total. The number of carbonyl (C=O) groups is 1. The number of nitrogens with zero attached hydrogens (tertiary/aromatic N) is 1. The fraction of sp³-hybridized carbons (Fsp3) is 0.200. The van der Waals surface area contributed by atoms with Gasteiger partial charge >= 0.3 is 5.91 Å². The Kier molecular flexibility index (Phi) is 3.04. The van der Waals surface area contributed by atoms with E-state index in [1.54, 1.807) is 12.1 Å². The molecule has 0 atom stereocenters. The lowest BCUT2D eigenvalue weighted by atomic mass is 10.1. The van der Waals surface area contributed by atoms with Crippen LogP contribution in [0.15, 0.2) is 24.3 Å². The van der Waals surface area contributed by atoms with Crippen molar-refractivity contribution in [2.75, 3.05) is 5.32 Å². The molecule has 0 fully saturated rings. The van der Waals surface area contributed by atoms with Crippen LogP contribution >= 0.6 is 0 Å². The average molecular weight is 174 g/mol. The summed E-state index contributed by atoms with van der Waals surface area (Å²) in [6.45, 7) is 2.06. The van der Waals surface area contributed by atoms with Gasteiger partial charge in [0.1, 0.15) is 0 Å². The molecule has 1 aromatic carbocycles. The van der Waals surface area contributed by atoms with Crippen molar-refractivity contribution in [3.05, 3.63) is 29.8 Å². The molecule has 0 radical (unpaired) electrons. The first-order valence-electron chi connectivity index (χ1n) is 4.06. The van der Waals surface area contributed by atoms with Crippen LogP contribution in [0.4, 0.5) is 5.69 Å². The number of aryl methyl sites for hydroxylation is 1. The molecule has 0 aliphatic heterocycles. The summed E-state index contributed by atoms with van der Waals surface area (Å²) in [5.41, 5.74) is 1.86. The predicted octanol–water partition coefficient (Wildman–Crippen LogP) is 1.71. The average Bonchev–Trinajstić information content (AvgIpc) is 2.19. The van der Waals surface area contributed by atoms with Crippen LogP contribution < -0.4 is 5.32 Å². The Morgan fingerprint density at radius 3 is 2.54 bits per heavy atom. The minimum absolute atomic E-state index is 0.635. The van der Waals surface area contributed by atoms with Crippen molar-refractivity contribution in [1.82, 2.24) is 0 Å². The summed E-state index contributed by atoms with van der Waals surface area (Å²) >= 11 is 0. The van der Waals surface area contributed by atoms with Crippen LogP contribution in [0.3, 0.4) is 0 Å². The second kappa shape index (κ2) is 4.27. The zero-order valence-corrected chi connectivity index (χ0v) is 7.37. The monoisotopic (exact) mass is 174 g/mol. The van der Waals surface area contributed by atoms with Gasteiger partial charge in [-0.3, -0.25) is 4.79 Å². The van der Waals surface area contributed by atoms with E-state index in [0.29, 0.717) is 5.69 Å². The van der Waals surface area contributed by atoms with Gasteiger partial charge in [-0.2, -0.15) is 5.26 Å². The highest BCUT2D eigenvalue weighted by molar-refractivity contribution is 6.02. The zero-order valence-electron chi connectivity index (χ0n) is 7.37. The van der Waals surface area contributed by atoms with Crippen LogP contribution in [0.25, 0.3) is 0 Å². The fourth-order valence-electron chi connectivity index (χ4n) is 0.983. The standard InChI is InChI=1S/C10H10N2O/c1-2-8-3-5-9(6-4-8)12-10(13)7-11/h3-6H,2H2,1H3,(H,12,13). The molecule has 0 saturated heterocycles. The summed E-state index contributed by atoms with van der Waals surface area (Å²) in [4.78, 5) is 10.7. The molecule has 0 heterocycles. The van der Waals surface area contributed by atoms with E-state index in [0.717, 1.165) is 6.42 Å². The summed E-state index contributed by atoms with van der Waals surface area (Å²) in [7, 11) is 0. The maximum Gasteiger partial charge on any atom is 0.326 e. The van der Waals surface area contributed by atoms with Crippen LogP contribution in [0.1, 0.15) is 12.5 Å². The maximum absolute atomic E-state index is 10.7. The lowest BCUT2D eigenvalue weighted by molar-refractivity contribution is -0.111. The molecular formula is C10H10N2O. The molecule has 0 unspecified atom stereocenters. The van der Waals surface area contributed by atoms with Crippen LogP contribution in [-0.2, 0) is 11.2 Å². The number of nitrogens with one attached hydrogen (secondary N) is 1. The predicted molar refractivity (Wildman–Crippen MR) is 50.1 cm³/mol. The van der Waals surface area contributed by atoms with Crippen LogP contribution in [-0.4, -0.2) is 5.91 Å². The van der Waals surface area contributed by atoms with Gasteiger partial charge in [-0.15, -0.1) is 0 Å². The number of amides is 1. The Balaban J connectivity index is 2.71. The third-order valence-corrected chi connectivity index (χ3v) is 1.72. The Bertz CT molecular complexity index is 335. The number of rotatable bonds is 2. The number of hydrogen-bond acceptors (Lipinski definition) is 2. The van der Waals surface area contributed by atoms with Gasteiger partial charge < -0.3 is 5.32 Å². The molecule has 0 aromatic heterocycles. The third kappa shape index (κ3) is 2.60. The molecule has 13 heavy (non-hydrogen) atoms. The Morgan fingerprint density at radius 1 is 1.46 bits per heavy atom. The van der Waals surface area contributed by atoms with Gasteiger partial charge in [0.05, 0.1) is 0 Å². The normalized spacial score (nSPS) is 8.92. The van der Waals surface area contributed by atoms with Crippen molar-refractivity contribution in [1.29, 1.82) is 5.26 Å². The van der Waals surface area contributed by atoms with Gasteiger partial charge in [-0.05, 0) is 24.1 Å². The minimum atomic E-state index is -0.635. The Labute approximate surface area is 77.0 Å². The van der Waals surface area contributed by atoms with Crippen molar-refractivity contribution < 1.29 is 4.79 Å². The van der Waals surface area contributed by atoms with Crippen molar-refractivity contribution in [2.45, 2.75) is 13.3 Å². The maximum atomic E-state index is 10.7. The van der Waals surface area contributed by atoms with Crippen LogP contribution in [0.5, 0.6) is 0 Å². The molecule has 1 rings (SSSR count). The van der Waals surface area contributed by atoms with E-state index in [4.69, 9.17) is 5.26 Å². The van der Waals surface area contributed by atoms with E-state index in [1.807, 2.05) is 12.1 Å². The highest BCUT2D eigenvalue weighted by atomic mass is 16.1. The van der Waals surface area contributed by atoms with Gasteiger partial charge in [0.15, 0.2) is 6.07 Å². The topological polar surface area (TPSA) is 52.9 Å². The van der Waals surface area contributed by atoms with E-state index >= 15 is 0 Å². The summed E-state index contributed by atoms with van der Waals surface area (Å²) in [5.74, 6) is -0.635. The van der Waals surface area contributed by atoms with E-state index in [9.17, 15) is 4.79 Å². The molecule has 0 aliphatic rings. The van der Waals surface area contributed by atoms with Crippen LogP contribution in [0.2, 0.25) is 0 Å². The van der Waals surface area contributed by atoms with Crippen molar-refractivity contribution in [3.8, 4) is 6.07 Å². The lowest BCUT2D eigenvalue weighted by Crippen LogP contribution is -2.07. The van der Waals surface area contributed by atoms with Gasteiger partial charge in [0, 0.05) is 5.69 Å². The molecule has 0 bridgehead atoms. The lowest BCUT2D eigenvalue weighted by Gasteiger charge is -2.00. The smallest absolute Gasteiger partial charge is 0.313 e. The molecule has 3 heteroatoms. The number of hydrogen-bond donors (Lipinski definition) is 1. The highest BCUT2D eigenvalue weighted by Gasteiger charge is 1.98. The van der Waals surface area contributed by atoms with E-state index in [-0.39, 0.29) is 0 Å². The molecule has 0 spiro atoms. The number of carbonyl (C=O) groups excluding carboxylic acids is 1. The molecule has 0 saturated carbocycles. The van der Waals surface area contributed by atoms with E-state index in [2.05, 4.69) is 12.2 Å². The zero-order chi connectivity index (χ0) is 9.68. The fourth-order valence-corrected chi connectivity index (χ4v) is 0.983. The Hall–Kier alpha value is -1.82. The summed E-state index contributed by atoms with van der Waals surface area (Å²) in [6.07, 6.45) is 0.965.